The van der Waals surface area contributed by atoms with Crippen LogP contribution in [0.25, 0.3) is 0 Å². The van der Waals surface area contributed by atoms with Gasteiger partial charge < -0.3 is 5.11 Å². The smallest absolute Gasteiger partial charge is 0.309 e. The van der Waals surface area contributed by atoms with Crippen molar-refractivity contribution in [3.63, 3.8) is 0 Å². The molecule has 0 aliphatic heterocycles. The van der Waals surface area contributed by atoms with Crippen LogP contribution in [0, 0.1) is 5.82 Å². The van der Waals surface area contributed by atoms with E-state index in [-0.39, 0.29) is 12.2 Å². The summed E-state index contributed by atoms with van der Waals surface area (Å²) in [4.78, 5) is 10.5. The molecule has 0 amide bonds. The lowest BCUT2D eigenvalue weighted by Gasteiger charge is -2.03. The number of halogens is 2. The number of aliphatic carboxylic acids is 1. The van der Waals surface area contributed by atoms with Crippen molar-refractivity contribution in [3.8, 4) is 0 Å². The van der Waals surface area contributed by atoms with Gasteiger partial charge in [0.15, 0.2) is 0 Å². The van der Waals surface area contributed by atoms with E-state index in [1.54, 1.807) is 6.07 Å². The van der Waals surface area contributed by atoms with Gasteiger partial charge in [-0.25, -0.2) is 9.07 Å². The fourth-order valence-corrected chi connectivity index (χ4v) is 1.86. The molecule has 94 valence electrons. The van der Waals surface area contributed by atoms with Gasteiger partial charge in [-0.1, -0.05) is 21.1 Å². The Labute approximate surface area is 110 Å². The second-order valence-electron chi connectivity index (χ2n) is 3.71. The molecular formula is C11H9BrFN3O2. The highest BCUT2D eigenvalue weighted by Gasteiger charge is 2.08. The van der Waals surface area contributed by atoms with Crippen LogP contribution in [0.4, 0.5) is 4.39 Å². The molecule has 0 saturated heterocycles. The zero-order chi connectivity index (χ0) is 13.1. The van der Waals surface area contributed by atoms with Gasteiger partial charge >= 0.3 is 5.97 Å². The third kappa shape index (κ3) is 3.13. The van der Waals surface area contributed by atoms with Crippen molar-refractivity contribution in [2.45, 2.75) is 13.0 Å². The van der Waals surface area contributed by atoms with Crippen LogP contribution in [0.2, 0.25) is 0 Å². The van der Waals surface area contributed by atoms with Crippen molar-refractivity contribution in [1.82, 2.24) is 15.0 Å². The van der Waals surface area contributed by atoms with Crippen LogP contribution in [0.5, 0.6) is 0 Å². The standard InChI is InChI=1S/C11H9BrFN3O2/c12-10-2-1-8(13)3-7(10)5-16-6-9(14-15-16)4-11(17)18/h1-3,6H,4-5H2,(H,17,18). The molecule has 0 bridgehead atoms. The summed E-state index contributed by atoms with van der Waals surface area (Å²) < 4.78 is 15.3. The van der Waals surface area contributed by atoms with Crippen molar-refractivity contribution in [2.75, 3.05) is 0 Å². The lowest BCUT2D eigenvalue weighted by atomic mass is 10.2. The number of benzene rings is 1. The monoisotopic (exact) mass is 313 g/mol. The Morgan fingerprint density at radius 2 is 2.28 bits per heavy atom. The van der Waals surface area contributed by atoms with E-state index in [0.29, 0.717) is 17.8 Å². The third-order valence-electron chi connectivity index (χ3n) is 2.26. The molecule has 0 atom stereocenters. The lowest BCUT2D eigenvalue weighted by Crippen LogP contribution is -2.02. The maximum Gasteiger partial charge on any atom is 0.309 e. The average Bonchev–Trinajstić information content (AvgIpc) is 2.70. The van der Waals surface area contributed by atoms with Gasteiger partial charge in [-0.05, 0) is 23.8 Å². The molecule has 1 N–H and O–H groups in total. The molecule has 0 aliphatic carbocycles. The molecule has 0 unspecified atom stereocenters. The molecule has 1 aromatic heterocycles. The summed E-state index contributed by atoms with van der Waals surface area (Å²) in [5.74, 6) is -1.30. The van der Waals surface area contributed by atoms with Crippen LogP contribution in [-0.4, -0.2) is 26.1 Å². The topological polar surface area (TPSA) is 68.0 Å². The number of hydrogen-bond donors (Lipinski definition) is 1. The van der Waals surface area contributed by atoms with Gasteiger partial charge in [0, 0.05) is 10.7 Å². The van der Waals surface area contributed by atoms with Crippen molar-refractivity contribution in [1.29, 1.82) is 0 Å². The largest absolute Gasteiger partial charge is 0.481 e. The Kier molecular flexibility index (Phi) is 3.71. The number of carboxylic acids is 1. The minimum atomic E-state index is -0.964. The first-order chi connectivity index (χ1) is 8.54. The highest BCUT2D eigenvalue weighted by atomic mass is 79.9. The molecule has 18 heavy (non-hydrogen) atoms. The number of carboxylic acid groups (broad SMARTS) is 1. The van der Waals surface area contributed by atoms with Crippen molar-refractivity contribution in [3.05, 3.63) is 45.9 Å². The first-order valence-electron chi connectivity index (χ1n) is 5.09. The van der Waals surface area contributed by atoms with Crippen LogP contribution in [0.3, 0.4) is 0 Å². The van der Waals surface area contributed by atoms with Crippen molar-refractivity contribution >= 4 is 21.9 Å². The van der Waals surface area contributed by atoms with Gasteiger partial charge in [-0.3, -0.25) is 4.79 Å². The second kappa shape index (κ2) is 5.26. The maximum atomic E-state index is 13.1. The molecule has 0 fully saturated rings. The summed E-state index contributed by atoms with van der Waals surface area (Å²) in [7, 11) is 0. The van der Waals surface area contributed by atoms with Crippen molar-refractivity contribution in [2.24, 2.45) is 0 Å². The number of rotatable bonds is 4. The highest BCUT2D eigenvalue weighted by Crippen LogP contribution is 2.18. The van der Waals surface area contributed by atoms with Crippen LogP contribution in [-0.2, 0) is 17.8 Å². The summed E-state index contributed by atoms with van der Waals surface area (Å²) in [6.45, 7) is 0.324. The zero-order valence-corrected chi connectivity index (χ0v) is 10.8. The summed E-state index contributed by atoms with van der Waals surface area (Å²) in [6.07, 6.45) is 1.36. The van der Waals surface area contributed by atoms with E-state index < -0.39 is 5.97 Å². The predicted octanol–water partition coefficient (Wildman–Crippen LogP) is 1.86. The van der Waals surface area contributed by atoms with E-state index in [0.717, 1.165) is 4.47 Å². The molecule has 5 nitrogen and oxygen atoms in total. The molecule has 2 aromatic rings. The van der Waals surface area contributed by atoms with Gasteiger partial charge in [-0.15, -0.1) is 5.10 Å². The predicted molar refractivity (Wildman–Crippen MR) is 64.6 cm³/mol. The molecule has 0 saturated carbocycles. The Morgan fingerprint density at radius 3 is 3.00 bits per heavy atom. The van der Waals surface area contributed by atoms with Gasteiger partial charge in [-0.2, -0.15) is 0 Å². The first-order valence-corrected chi connectivity index (χ1v) is 5.88. The summed E-state index contributed by atoms with van der Waals surface area (Å²) in [6, 6.07) is 4.35. The molecule has 0 spiro atoms. The molecule has 2 rings (SSSR count). The van der Waals surface area contributed by atoms with Gasteiger partial charge in [0.2, 0.25) is 0 Å². The Balaban J connectivity index is 2.16. The molecule has 1 aromatic carbocycles. The quantitative estimate of drug-likeness (QED) is 0.935. The fourth-order valence-electron chi connectivity index (χ4n) is 1.49. The molecular weight excluding hydrogens is 305 g/mol. The average molecular weight is 314 g/mol. The van der Waals surface area contributed by atoms with E-state index in [9.17, 15) is 9.18 Å². The third-order valence-corrected chi connectivity index (χ3v) is 3.03. The Hall–Kier alpha value is -1.76. The minimum Gasteiger partial charge on any atom is -0.481 e. The molecule has 0 radical (unpaired) electrons. The van der Waals surface area contributed by atoms with E-state index in [4.69, 9.17) is 5.11 Å². The first kappa shape index (κ1) is 12.7. The summed E-state index contributed by atoms with van der Waals surface area (Å²) in [5, 5.41) is 16.1. The molecule has 1 heterocycles. The minimum absolute atomic E-state index is 0.176. The number of hydrogen-bond acceptors (Lipinski definition) is 3. The normalized spacial score (nSPS) is 10.6. The summed E-state index contributed by atoms with van der Waals surface area (Å²) in [5.41, 5.74) is 1.08. The SMILES string of the molecule is O=C(O)Cc1cn(Cc2cc(F)ccc2Br)nn1. The van der Waals surface area contributed by atoms with Crippen LogP contribution in [0.15, 0.2) is 28.9 Å². The van der Waals surface area contributed by atoms with Gasteiger partial charge in [0.1, 0.15) is 5.82 Å². The zero-order valence-electron chi connectivity index (χ0n) is 9.18. The molecule has 0 aliphatic rings. The Morgan fingerprint density at radius 1 is 1.50 bits per heavy atom. The highest BCUT2D eigenvalue weighted by molar-refractivity contribution is 9.10. The van der Waals surface area contributed by atoms with Crippen LogP contribution < -0.4 is 0 Å². The summed E-state index contributed by atoms with van der Waals surface area (Å²) >= 11 is 3.31. The Bertz CT molecular complexity index is 585. The van der Waals surface area contributed by atoms with Crippen molar-refractivity contribution < 1.29 is 14.3 Å². The lowest BCUT2D eigenvalue weighted by molar-refractivity contribution is -0.136. The fraction of sp³-hybridized carbons (Fsp3) is 0.182. The second-order valence-corrected chi connectivity index (χ2v) is 4.57. The van der Waals surface area contributed by atoms with Crippen LogP contribution >= 0.6 is 15.9 Å². The van der Waals surface area contributed by atoms with Gasteiger partial charge in [0.05, 0.1) is 18.7 Å². The molecule has 7 heteroatoms. The van der Waals surface area contributed by atoms with E-state index in [1.165, 1.54) is 23.0 Å². The van der Waals surface area contributed by atoms with Gasteiger partial charge in [0.25, 0.3) is 0 Å². The number of aromatic nitrogens is 3. The van der Waals surface area contributed by atoms with E-state index >= 15 is 0 Å². The maximum absolute atomic E-state index is 13.1. The van der Waals surface area contributed by atoms with Crippen LogP contribution in [0.1, 0.15) is 11.3 Å². The number of carbonyl (C=O) groups is 1. The van der Waals surface area contributed by atoms with E-state index in [2.05, 4.69) is 26.2 Å². The van der Waals surface area contributed by atoms with E-state index in [1.807, 2.05) is 0 Å². The number of nitrogens with zero attached hydrogens (tertiary/aromatic N) is 3.